The molecule has 0 fully saturated rings. The van der Waals surface area contributed by atoms with Gasteiger partial charge in [0.1, 0.15) is 5.75 Å². The van der Waals surface area contributed by atoms with Crippen LogP contribution in [-0.2, 0) is 24.3 Å². The fourth-order valence-electron chi connectivity index (χ4n) is 4.87. The number of rotatable bonds is 14. The number of carbonyl (C=O) groups is 1. The molecule has 2 atom stereocenters. The molecule has 0 bridgehead atoms. The highest BCUT2D eigenvalue weighted by atomic mass is 32.1. The van der Waals surface area contributed by atoms with Crippen LogP contribution >= 0.6 is 12.2 Å². The number of nitrogens with zero attached hydrogens (tertiary/aromatic N) is 5. The predicted molar refractivity (Wildman–Crippen MR) is 180 cm³/mol. The van der Waals surface area contributed by atoms with Crippen molar-refractivity contribution >= 4 is 34.6 Å². The smallest absolute Gasteiger partial charge is 0.269 e. The molecule has 1 amide bonds. The van der Waals surface area contributed by atoms with Crippen molar-refractivity contribution in [1.82, 2.24) is 19.8 Å². The van der Waals surface area contributed by atoms with Crippen molar-refractivity contribution in [1.29, 1.82) is 5.26 Å². The highest BCUT2D eigenvalue weighted by Gasteiger charge is 2.24. The third kappa shape index (κ3) is 9.36. The van der Waals surface area contributed by atoms with Crippen LogP contribution in [0.15, 0.2) is 85.3 Å². The normalized spacial score (nSPS) is 12.0. The van der Waals surface area contributed by atoms with E-state index in [1.165, 1.54) is 12.1 Å². The summed E-state index contributed by atoms with van der Waals surface area (Å²) in [7, 11) is 1.60. The van der Waals surface area contributed by atoms with Gasteiger partial charge in [0.2, 0.25) is 5.91 Å². The summed E-state index contributed by atoms with van der Waals surface area (Å²) in [6.07, 6.45) is 4.35. The van der Waals surface area contributed by atoms with Gasteiger partial charge in [0.05, 0.1) is 36.4 Å². The summed E-state index contributed by atoms with van der Waals surface area (Å²) in [4.78, 5) is 30.5. The molecule has 0 spiro atoms. The number of methoxy groups -OCH3 is 1. The van der Waals surface area contributed by atoms with Gasteiger partial charge in [-0.3, -0.25) is 14.9 Å². The minimum atomic E-state index is -0.428. The molecule has 238 valence electrons. The summed E-state index contributed by atoms with van der Waals surface area (Å²) in [5.74, 6) is 0.698. The Bertz CT molecular complexity index is 1670. The van der Waals surface area contributed by atoms with Gasteiger partial charge in [-0.05, 0) is 65.7 Å². The van der Waals surface area contributed by atoms with Crippen LogP contribution in [0.3, 0.4) is 0 Å². The summed E-state index contributed by atoms with van der Waals surface area (Å²) in [5, 5.41) is 27.2. The second-order valence-electron chi connectivity index (χ2n) is 11.0. The number of nitro benzene ring substituents is 1. The number of nitriles is 1. The molecule has 4 rings (SSSR count). The lowest BCUT2D eigenvalue weighted by atomic mass is 9.98. The van der Waals surface area contributed by atoms with Crippen LogP contribution in [0.4, 0.5) is 11.4 Å². The highest BCUT2D eigenvalue weighted by Crippen LogP contribution is 2.19. The Morgan fingerprint density at radius 1 is 1.11 bits per heavy atom. The molecule has 0 unspecified atom stereocenters. The molecule has 0 aliphatic heterocycles. The number of nitro groups is 1. The monoisotopic (exact) mass is 639 g/mol. The van der Waals surface area contributed by atoms with Crippen molar-refractivity contribution < 1.29 is 14.5 Å². The number of imidazole rings is 1. The van der Waals surface area contributed by atoms with E-state index in [0.29, 0.717) is 30.3 Å². The fraction of sp³-hybridized carbons (Fsp3) is 0.294. The molecule has 46 heavy (non-hydrogen) atoms. The zero-order valence-corrected chi connectivity index (χ0v) is 26.9. The SMILES string of the molecule is CC[C@H](C)[C@@H](CN(Cc1ccc([N+](=O)[O-])cc1)C(=S)Nc1ccc(OC)cc1)NC(=O)Cc1cncn1Cc1ccc(C#N)cc1. The number of anilines is 1. The van der Waals surface area contributed by atoms with Gasteiger partial charge in [0, 0.05) is 55.4 Å². The van der Waals surface area contributed by atoms with Crippen LogP contribution in [0.1, 0.15) is 42.7 Å². The van der Waals surface area contributed by atoms with Gasteiger partial charge >= 0.3 is 0 Å². The first kappa shape index (κ1) is 33.6. The molecule has 0 saturated heterocycles. The zero-order chi connectivity index (χ0) is 33.1. The number of aromatic nitrogens is 2. The molecule has 0 saturated carbocycles. The Hall–Kier alpha value is -5.28. The fourth-order valence-corrected chi connectivity index (χ4v) is 5.13. The van der Waals surface area contributed by atoms with Crippen molar-refractivity contribution in [2.75, 3.05) is 19.0 Å². The van der Waals surface area contributed by atoms with Gasteiger partial charge in [-0.15, -0.1) is 0 Å². The molecule has 1 heterocycles. The number of thiocarbonyl (C=S) groups is 1. The van der Waals surface area contributed by atoms with Crippen LogP contribution in [0.5, 0.6) is 5.75 Å². The van der Waals surface area contributed by atoms with E-state index >= 15 is 0 Å². The van der Waals surface area contributed by atoms with Gasteiger partial charge in [0.25, 0.3) is 5.69 Å². The van der Waals surface area contributed by atoms with Crippen LogP contribution in [-0.4, -0.2) is 50.1 Å². The lowest BCUT2D eigenvalue weighted by molar-refractivity contribution is -0.384. The minimum absolute atomic E-state index is 0.0115. The number of nitrogens with one attached hydrogen (secondary N) is 2. The van der Waals surface area contributed by atoms with Gasteiger partial charge < -0.3 is 24.8 Å². The number of non-ortho nitro benzene ring substituents is 1. The number of carbonyl (C=O) groups excluding carboxylic acids is 1. The van der Waals surface area contributed by atoms with Crippen LogP contribution < -0.4 is 15.4 Å². The molecule has 0 aliphatic carbocycles. The Morgan fingerprint density at radius 3 is 2.39 bits per heavy atom. The lowest BCUT2D eigenvalue weighted by Crippen LogP contribution is -2.50. The minimum Gasteiger partial charge on any atom is -0.497 e. The second-order valence-corrected chi connectivity index (χ2v) is 11.4. The number of amides is 1. The third-order valence-corrected chi connectivity index (χ3v) is 8.18. The second kappa shape index (κ2) is 16.2. The van der Waals surface area contributed by atoms with E-state index in [0.717, 1.165) is 34.7 Å². The van der Waals surface area contributed by atoms with Crippen molar-refractivity contribution in [3.05, 3.63) is 118 Å². The van der Waals surface area contributed by atoms with Crippen molar-refractivity contribution in [3.8, 4) is 11.8 Å². The van der Waals surface area contributed by atoms with E-state index in [4.69, 9.17) is 22.2 Å². The largest absolute Gasteiger partial charge is 0.497 e. The average Bonchev–Trinajstić information content (AvgIpc) is 3.50. The Labute approximate surface area is 274 Å². The van der Waals surface area contributed by atoms with Gasteiger partial charge in [-0.2, -0.15) is 5.26 Å². The highest BCUT2D eigenvalue weighted by molar-refractivity contribution is 7.80. The molecule has 0 radical (unpaired) electrons. The van der Waals surface area contributed by atoms with Gasteiger partial charge in [0.15, 0.2) is 5.11 Å². The quantitative estimate of drug-likeness (QED) is 0.101. The van der Waals surface area contributed by atoms with Crippen molar-refractivity contribution in [2.24, 2.45) is 5.92 Å². The summed E-state index contributed by atoms with van der Waals surface area (Å²) < 4.78 is 7.19. The predicted octanol–water partition coefficient (Wildman–Crippen LogP) is 5.69. The summed E-state index contributed by atoms with van der Waals surface area (Å²) in [6.45, 7) is 5.47. The molecule has 0 aliphatic rings. The van der Waals surface area contributed by atoms with E-state index in [1.807, 2.05) is 45.9 Å². The first-order chi connectivity index (χ1) is 22.2. The van der Waals surface area contributed by atoms with Gasteiger partial charge in [-0.1, -0.05) is 44.5 Å². The maximum absolute atomic E-state index is 13.5. The maximum atomic E-state index is 13.5. The number of ether oxygens (including phenoxy) is 1. The van der Waals surface area contributed by atoms with E-state index in [2.05, 4.69) is 35.5 Å². The van der Waals surface area contributed by atoms with Crippen LogP contribution in [0, 0.1) is 27.4 Å². The van der Waals surface area contributed by atoms with Crippen LogP contribution in [0.2, 0.25) is 0 Å². The molecule has 2 N–H and O–H groups in total. The summed E-state index contributed by atoms with van der Waals surface area (Å²) in [5.41, 5.74) is 3.98. The standard InChI is InChI=1S/C34H37N7O4S/c1-4-24(2)32(38-33(42)17-30-19-36-23-40(30)21-26-7-5-25(18-35)6-8-26)22-39(20-27-9-13-29(14-10-27)41(43)44)34(46)37-28-11-15-31(45-3)16-12-28/h5-16,19,23-24,32H,4,17,20-22H2,1-3H3,(H,37,46)(H,38,42)/t24-,32+/m0/s1. The molecule has 3 aromatic carbocycles. The Morgan fingerprint density at radius 2 is 1.78 bits per heavy atom. The van der Waals surface area contributed by atoms with Crippen LogP contribution in [0.25, 0.3) is 0 Å². The van der Waals surface area contributed by atoms with E-state index in [-0.39, 0.29) is 30.0 Å². The maximum Gasteiger partial charge on any atom is 0.269 e. The topological polar surface area (TPSA) is 138 Å². The van der Waals surface area contributed by atoms with E-state index in [1.54, 1.807) is 43.9 Å². The molecular formula is C34H37N7O4S. The first-order valence-electron chi connectivity index (χ1n) is 14.9. The number of hydrogen-bond acceptors (Lipinski definition) is 7. The molecule has 12 heteroatoms. The average molecular weight is 640 g/mol. The molecule has 1 aromatic heterocycles. The van der Waals surface area contributed by atoms with Crippen molar-refractivity contribution in [2.45, 2.75) is 45.8 Å². The number of hydrogen-bond donors (Lipinski definition) is 2. The molecule has 4 aromatic rings. The summed E-state index contributed by atoms with van der Waals surface area (Å²) >= 11 is 5.86. The molecular weight excluding hydrogens is 602 g/mol. The lowest BCUT2D eigenvalue weighted by Gasteiger charge is -2.33. The number of benzene rings is 3. The van der Waals surface area contributed by atoms with E-state index in [9.17, 15) is 14.9 Å². The Balaban J connectivity index is 1.50. The van der Waals surface area contributed by atoms with Gasteiger partial charge in [-0.25, -0.2) is 4.98 Å². The Kier molecular flexibility index (Phi) is 11.8. The van der Waals surface area contributed by atoms with Crippen molar-refractivity contribution in [3.63, 3.8) is 0 Å². The molecule has 11 nitrogen and oxygen atoms in total. The first-order valence-corrected chi connectivity index (χ1v) is 15.3. The third-order valence-electron chi connectivity index (χ3n) is 7.82. The zero-order valence-electron chi connectivity index (χ0n) is 26.1. The summed E-state index contributed by atoms with van der Waals surface area (Å²) in [6, 6.07) is 23.0. The van der Waals surface area contributed by atoms with E-state index < -0.39 is 4.92 Å².